The monoisotopic (exact) mass is 369 g/mol. The van der Waals surface area contributed by atoms with Crippen molar-refractivity contribution >= 4 is 27.9 Å². The zero-order valence-electron chi connectivity index (χ0n) is 13.1. The molecule has 0 aromatic carbocycles. The van der Waals surface area contributed by atoms with Crippen molar-refractivity contribution in [3.8, 4) is 0 Å². The van der Waals surface area contributed by atoms with Crippen LogP contribution in [0.15, 0.2) is 18.2 Å². The molecule has 0 saturated carbocycles. The average Bonchev–Trinajstić information content (AvgIpc) is 2.34. The molecule has 106 valence electrons. The fourth-order valence-corrected chi connectivity index (χ4v) is 5.59. The van der Waals surface area contributed by atoms with Gasteiger partial charge in [-0.25, -0.2) is 0 Å². The molecule has 1 aliphatic rings. The van der Waals surface area contributed by atoms with Crippen LogP contribution in [0.25, 0.3) is 0 Å². The van der Waals surface area contributed by atoms with Crippen LogP contribution < -0.4 is 8.61 Å². The number of hydrogen-bond donors (Lipinski definition) is 0. The van der Waals surface area contributed by atoms with Crippen LogP contribution in [-0.4, -0.2) is 60.5 Å². The van der Waals surface area contributed by atoms with Crippen LogP contribution in [0.5, 0.6) is 0 Å². The molecule has 19 heavy (non-hydrogen) atoms. The molecular formula is C15H27N3Sn. The number of aromatic nitrogens is 1. The molecule has 2 atom stereocenters. The van der Waals surface area contributed by atoms with Gasteiger partial charge >= 0.3 is 122 Å². The topological polar surface area (TPSA) is 19.4 Å². The molecular weight excluding hydrogens is 341 g/mol. The van der Waals surface area contributed by atoms with E-state index in [0.29, 0.717) is 12.1 Å². The normalized spacial score (nSPS) is 25.7. The van der Waals surface area contributed by atoms with Crippen molar-refractivity contribution in [2.24, 2.45) is 0 Å². The van der Waals surface area contributed by atoms with E-state index in [1.54, 1.807) is 0 Å². The van der Waals surface area contributed by atoms with E-state index >= 15 is 0 Å². The van der Waals surface area contributed by atoms with Crippen LogP contribution in [0, 0.1) is 0 Å². The van der Waals surface area contributed by atoms with Crippen LogP contribution in [0.2, 0.25) is 14.8 Å². The molecule has 0 unspecified atom stereocenters. The molecule has 2 heterocycles. The summed E-state index contributed by atoms with van der Waals surface area (Å²) < 4.78 is 1.38. The second-order valence-electron chi connectivity index (χ2n) is 6.90. The maximum absolute atomic E-state index is 4.96. The first-order chi connectivity index (χ1) is 8.79. The summed E-state index contributed by atoms with van der Waals surface area (Å²) in [5.41, 5.74) is 0. The van der Waals surface area contributed by atoms with Crippen molar-refractivity contribution in [2.45, 2.75) is 40.8 Å². The van der Waals surface area contributed by atoms with Gasteiger partial charge in [0, 0.05) is 0 Å². The first kappa shape index (κ1) is 15.1. The quantitative estimate of drug-likeness (QED) is 0.746. The van der Waals surface area contributed by atoms with Crippen LogP contribution >= 0.6 is 0 Å². The van der Waals surface area contributed by atoms with Crippen LogP contribution in [-0.2, 0) is 0 Å². The van der Waals surface area contributed by atoms with E-state index in [2.05, 4.69) is 63.7 Å². The van der Waals surface area contributed by atoms with Crippen LogP contribution in [0.1, 0.15) is 13.8 Å². The summed E-state index contributed by atoms with van der Waals surface area (Å²) in [4.78, 5) is 17.2. The van der Waals surface area contributed by atoms with Crippen molar-refractivity contribution in [1.82, 2.24) is 9.88 Å². The van der Waals surface area contributed by atoms with Crippen molar-refractivity contribution in [1.29, 1.82) is 0 Å². The number of anilines is 1. The molecule has 0 radical (unpaired) electrons. The number of rotatable bonds is 2. The first-order valence-electron chi connectivity index (χ1n) is 7.23. The summed E-state index contributed by atoms with van der Waals surface area (Å²) in [6.07, 6.45) is 0. The van der Waals surface area contributed by atoms with Gasteiger partial charge in [0.25, 0.3) is 0 Å². The minimum absolute atomic E-state index is 0.590. The Hall–Kier alpha value is -0.291. The maximum atomic E-state index is 4.96. The predicted octanol–water partition coefficient (Wildman–Crippen LogP) is 2.16. The Labute approximate surface area is 121 Å². The second kappa shape index (κ2) is 5.60. The van der Waals surface area contributed by atoms with Gasteiger partial charge in [-0.1, -0.05) is 0 Å². The zero-order chi connectivity index (χ0) is 14.2. The Morgan fingerprint density at radius 1 is 1.11 bits per heavy atom. The minimum atomic E-state index is -2.06. The zero-order valence-corrected chi connectivity index (χ0v) is 16.0. The summed E-state index contributed by atoms with van der Waals surface area (Å²) >= 11 is -2.06. The molecule has 0 bridgehead atoms. The number of hydrogen-bond acceptors (Lipinski definition) is 3. The summed E-state index contributed by atoms with van der Waals surface area (Å²) in [6.45, 7) is 6.76. The van der Waals surface area contributed by atoms with Crippen LogP contribution in [0.4, 0.5) is 5.82 Å². The molecule has 1 fully saturated rings. The Morgan fingerprint density at radius 2 is 1.68 bits per heavy atom. The molecule has 0 spiro atoms. The van der Waals surface area contributed by atoms with Gasteiger partial charge in [-0.05, 0) is 0 Å². The molecule has 3 nitrogen and oxygen atoms in total. The molecule has 1 aliphatic heterocycles. The number of nitrogens with zero attached hydrogens (tertiary/aromatic N) is 3. The number of likely N-dealkylation sites (N-methyl/N-ethyl adjacent to an activating group) is 1. The molecule has 0 amide bonds. The third-order valence-corrected chi connectivity index (χ3v) is 9.37. The summed E-state index contributed by atoms with van der Waals surface area (Å²) in [6, 6.07) is 7.77. The van der Waals surface area contributed by atoms with E-state index < -0.39 is 18.4 Å². The molecule has 0 N–H and O–H groups in total. The van der Waals surface area contributed by atoms with Crippen molar-refractivity contribution in [2.75, 3.05) is 25.0 Å². The Balaban J connectivity index is 2.23. The SMILES string of the molecule is C[C@@H]1CN(c2ccc[c]([Sn]([CH3])([CH3])[CH3])n2)C[C@H](C)N1C. The molecule has 2 rings (SSSR count). The van der Waals surface area contributed by atoms with E-state index in [1.807, 2.05) is 0 Å². The molecule has 0 aliphatic carbocycles. The fourth-order valence-electron chi connectivity index (χ4n) is 2.61. The van der Waals surface area contributed by atoms with E-state index in [-0.39, 0.29) is 0 Å². The third-order valence-electron chi connectivity index (χ3n) is 4.19. The third kappa shape index (κ3) is 3.43. The Bertz CT molecular complexity index is 429. The Morgan fingerprint density at radius 3 is 2.21 bits per heavy atom. The fraction of sp³-hybridized carbons (Fsp3) is 0.667. The van der Waals surface area contributed by atoms with Crippen LogP contribution in [0.3, 0.4) is 0 Å². The van der Waals surface area contributed by atoms with E-state index in [1.165, 1.54) is 9.53 Å². The average molecular weight is 368 g/mol. The van der Waals surface area contributed by atoms with Gasteiger partial charge in [-0.15, -0.1) is 0 Å². The van der Waals surface area contributed by atoms with E-state index in [4.69, 9.17) is 4.98 Å². The first-order valence-corrected chi connectivity index (χ1v) is 17.2. The molecule has 1 aromatic rings. The number of pyridine rings is 1. The predicted molar refractivity (Wildman–Crippen MR) is 86.1 cm³/mol. The van der Waals surface area contributed by atoms with Crippen molar-refractivity contribution in [3.05, 3.63) is 18.2 Å². The van der Waals surface area contributed by atoms with Crippen molar-refractivity contribution < 1.29 is 0 Å². The van der Waals surface area contributed by atoms with Gasteiger partial charge < -0.3 is 0 Å². The molecule has 4 heteroatoms. The second-order valence-corrected chi connectivity index (χ2v) is 21.2. The number of piperazine rings is 1. The van der Waals surface area contributed by atoms with Gasteiger partial charge in [0.05, 0.1) is 0 Å². The van der Waals surface area contributed by atoms with Gasteiger partial charge in [-0.2, -0.15) is 0 Å². The Kier molecular flexibility index (Phi) is 4.45. The van der Waals surface area contributed by atoms with E-state index in [9.17, 15) is 0 Å². The van der Waals surface area contributed by atoms with Gasteiger partial charge in [0.1, 0.15) is 0 Å². The summed E-state index contributed by atoms with van der Waals surface area (Å²) in [5, 5.41) is 0. The van der Waals surface area contributed by atoms with Gasteiger partial charge in [0.2, 0.25) is 0 Å². The van der Waals surface area contributed by atoms with E-state index in [0.717, 1.165) is 13.1 Å². The summed E-state index contributed by atoms with van der Waals surface area (Å²) in [7, 11) is 2.22. The standard InChI is InChI=1S/C12H18N3.3CH3.Sn/c1-10-8-15(9-11(2)14(10)3)12-6-4-5-7-13-12;;;;/h4-6,10-11H,8-9H2,1-3H3;3*1H3;/t10-,11+;;;;. The van der Waals surface area contributed by atoms with Gasteiger partial charge in [0.15, 0.2) is 0 Å². The van der Waals surface area contributed by atoms with Crippen molar-refractivity contribution in [3.63, 3.8) is 0 Å². The summed E-state index contributed by atoms with van der Waals surface area (Å²) in [5.74, 6) is 1.18. The van der Waals surface area contributed by atoms with Gasteiger partial charge in [-0.3, -0.25) is 0 Å². The molecule has 1 aromatic heterocycles. The molecule has 1 saturated heterocycles.